The number of nitrogen functional groups attached to an aromatic ring is 1. The third-order valence-corrected chi connectivity index (χ3v) is 7.17. The topological polar surface area (TPSA) is 62.5 Å². The summed E-state index contributed by atoms with van der Waals surface area (Å²) >= 11 is 6.41. The summed E-state index contributed by atoms with van der Waals surface area (Å²) in [5.74, 6) is -1.99. The fourth-order valence-corrected chi connectivity index (χ4v) is 5.29. The number of rotatable bonds is 5. The summed E-state index contributed by atoms with van der Waals surface area (Å²) in [7, 11) is 0. The molecule has 1 fully saturated rings. The Hall–Kier alpha value is -2.55. The molecule has 5 nitrogen and oxygen atoms in total. The van der Waals surface area contributed by atoms with Gasteiger partial charge < -0.3 is 15.5 Å². The molecule has 0 saturated heterocycles. The number of benzene rings is 1. The number of halogens is 5. The minimum Gasteiger partial charge on any atom is -0.396 e. The van der Waals surface area contributed by atoms with E-state index in [1.54, 1.807) is 18.2 Å². The molecule has 198 valence electrons. The molecule has 0 spiro atoms. The molecule has 1 aromatic heterocycles. The summed E-state index contributed by atoms with van der Waals surface area (Å²) in [4.78, 5) is 19.2. The standard InChI is InChI=1S/C24H27ClF4N4O.C2H6/c25-19-6-3-7-22-18(19)14-32(23(34)24(27,28)29)13-17(9-8-15-4-1-2-5-15)33(22)12-16-10-21(30)20(26)11-31-16;1-2/h3,6-7,10-11,15,17H,1-2,4-5,8-9,12-14H2,(H2,30,31);1-2H3. The quantitative estimate of drug-likeness (QED) is 0.437. The molecule has 0 bridgehead atoms. The van der Waals surface area contributed by atoms with E-state index in [0.717, 1.165) is 43.2 Å². The van der Waals surface area contributed by atoms with Gasteiger partial charge in [0.2, 0.25) is 0 Å². The Labute approximate surface area is 214 Å². The summed E-state index contributed by atoms with van der Waals surface area (Å²) in [5, 5.41) is 0.283. The maximum atomic E-state index is 13.7. The van der Waals surface area contributed by atoms with Crippen molar-refractivity contribution in [3.8, 4) is 0 Å². The highest BCUT2D eigenvalue weighted by Crippen LogP contribution is 2.38. The van der Waals surface area contributed by atoms with E-state index < -0.39 is 23.9 Å². The largest absolute Gasteiger partial charge is 0.471 e. The number of anilines is 2. The summed E-state index contributed by atoms with van der Waals surface area (Å²) < 4.78 is 54.0. The minimum absolute atomic E-state index is 0.0532. The van der Waals surface area contributed by atoms with Crippen molar-refractivity contribution in [1.82, 2.24) is 9.88 Å². The van der Waals surface area contributed by atoms with Gasteiger partial charge >= 0.3 is 12.1 Å². The second-order valence-electron chi connectivity index (χ2n) is 9.13. The molecule has 2 N–H and O–H groups in total. The fourth-order valence-electron chi connectivity index (χ4n) is 5.06. The number of nitrogens with zero attached hydrogens (tertiary/aromatic N) is 3. The Morgan fingerprint density at radius 2 is 1.89 bits per heavy atom. The lowest BCUT2D eigenvalue weighted by Crippen LogP contribution is -2.47. The average Bonchev–Trinajstić information content (AvgIpc) is 3.31. The van der Waals surface area contributed by atoms with Crippen molar-refractivity contribution in [2.24, 2.45) is 5.92 Å². The van der Waals surface area contributed by atoms with Crippen LogP contribution in [0.4, 0.5) is 28.9 Å². The van der Waals surface area contributed by atoms with Gasteiger partial charge in [0.25, 0.3) is 0 Å². The van der Waals surface area contributed by atoms with Gasteiger partial charge in [-0.25, -0.2) is 4.39 Å². The smallest absolute Gasteiger partial charge is 0.396 e. The molecule has 10 heteroatoms. The van der Waals surface area contributed by atoms with Gasteiger partial charge in [0.15, 0.2) is 5.82 Å². The van der Waals surface area contributed by atoms with Crippen LogP contribution in [0.15, 0.2) is 30.5 Å². The van der Waals surface area contributed by atoms with Crippen molar-refractivity contribution in [3.63, 3.8) is 0 Å². The van der Waals surface area contributed by atoms with Gasteiger partial charge in [-0.15, -0.1) is 0 Å². The molecule has 4 rings (SSSR count). The fraction of sp³-hybridized carbons (Fsp3) is 0.538. The molecule has 36 heavy (non-hydrogen) atoms. The molecule has 2 aromatic rings. The van der Waals surface area contributed by atoms with Crippen LogP contribution in [0.1, 0.15) is 63.6 Å². The number of alkyl halides is 3. The number of carbonyl (C=O) groups is 1. The first kappa shape index (κ1) is 28.0. The van der Waals surface area contributed by atoms with Crippen LogP contribution >= 0.6 is 11.6 Å². The summed E-state index contributed by atoms with van der Waals surface area (Å²) in [6.07, 6.45) is 2.05. The van der Waals surface area contributed by atoms with Crippen molar-refractivity contribution in [3.05, 3.63) is 52.6 Å². The van der Waals surface area contributed by atoms with E-state index in [-0.39, 0.29) is 30.3 Å². The number of hydrogen-bond donors (Lipinski definition) is 1. The highest BCUT2D eigenvalue weighted by molar-refractivity contribution is 6.31. The summed E-state index contributed by atoms with van der Waals surface area (Å²) in [6.45, 7) is 3.84. The number of hydrogen-bond acceptors (Lipinski definition) is 4. The van der Waals surface area contributed by atoms with Crippen LogP contribution < -0.4 is 10.6 Å². The predicted molar refractivity (Wildman–Crippen MR) is 134 cm³/mol. The van der Waals surface area contributed by atoms with Crippen molar-refractivity contribution in [1.29, 1.82) is 0 Å². The first-order valence-corrected chi connectivity index (χ1v) is 12.8. The Kier molecular flexibility index (Phi) is 9.44. The highest BCUT2D eigenvalue weighted by Gasteiger charge is 2.45. The van der Waals surface area contributed by atoms with Gasteiger partial charge in [0.1, 0.15) is 0 Å². The van der Waals surface area contributed by atoms with Crippen LogP contribution in [0.25, 0.3) is 0 Å². The van der Waals surface area contributed by atoms with E-state index >= 15 is 0 Å². The molecule has 2 aliphatic rings. The van der Waals surface area contributed by atoms with Gasteiger partial charge in [-0.05, 0) is 37.0 Å². The van der Waals surface area contributed by atoms with Crippen LogP contribution in [-0.2, 0) is 17.9 Å². The zero-order valence-electron chi connectivity index (χ0n) is 20.6. The van der Waals surface area contributed by atoms with Crippen molar-refractivity contribution < 1.29 is 22.4 Å². The second kappa shape index (κ2) is 12.1. The Morgan fingerprint density at radius 1 is 1.19 bits per heavy atom. The zero-order chi connectivity index (χ0) is 26.5. The van der Waals surface area contributed by atoms with E-state index in [1.807, 2.05) is 18.7 Å². The van der Waals surface area contributed by atoms with Crippen LogP contribution in [0.2, 0.25) is 5.02 Å². The van der Waals surface area contributed by atoms with Gasteiger partial charge in [0.05, 0.1) is 24.1 Å². The number of fused-ring (bicyclic) bond motifs is 1. The number of nitrogens with two attached hydrogens (primary N) is 1. The van der Waals surface area contributed by atoms with E-state index in [2.05, 4.69) is 4.98 Å². The number of pyridine rings is 1. The molecule has 1 aromatic carbocycles. The first-order chi connectivity index (χ1) is 17.1. The molecular formula is C26H33ClF4N4O. The van der Waals surface area contributed by atoms with Crippen molar-refractivity contribution in [2.75, 3.05) is 17.2 Å². The molecule has 0 radical (unpaired) electrons. The lowest BCUT2D eigenvalue weighted by molar-refractivity contribution is -0.186. The third kappa shape index (κ3) is 6.60. The van der Waals surface area contributed by atoms with E-state index in [9.17, 15) is 22.4 Å². The average molecular weight is 529 g/mol. The minimum atomic E-state index is -4.99. The third-order valence-electron chi connectivity index (χ3n) is 6.81. The summed E-state index contributed by atoms with van der Waals surface area (Å²) in [5.41, 5.74) is 7.24. The predicted octanol–water partition coefficient (Wildman–Crippen LogP) is 6.73. The molecule has 1 unspecified atom stereocenters. The number of carbonyl (C=O) groups excluding carboxylic acids is 1. The van der Waals surface area contributed by atoms with Gasteiger partial charge in [0, 0.05) is 35.4 Å². The molecule has 1 amide bonds. The van der Waals surface area contributed by atoms with E-state index in [0.29, 0.717) is 29.3 Å². The SMILES string of the molecule is CC.Nc1cc(CN2c3cccc(Cl)c3CN(C(=O)C(F)(F)F)CC2CCC2CCCC2)ncc1F. The highest BCUT2D eigenvalue weighted by atomic mass is 35.5. The van der Waals surface area contributed by atoms with Crippen molar-refractivity contribution >= 4 is 28.9 Å². The lowest BCUT2D eigenvalue weighted by Gasteiger charge is -2.35. The maximum Gasteiger partial charge on any atom is 0.471 e. The van der Waals surface area contributed by atoms with Gasteiger partial charge in [-0.2, -0.15) is 13.2 Å². The van der Waals surface area contributed by atoms with E-state index in [1.165, 1.54) is 6.07 Å². The molecule has 2 heterocycles. The second-order valence-corrected chi connectivity index (χ2v) is 9.53. The van der Waals surface area contributed by atoms with Gasteiger partial charge in [-0.1, -0.05) is 57.2 Å². The Bertz CT molecular complexity index is 1040. The molecule has 1 saturated carbocycles. The monoisotopic (exact) mass is 528 g/mol. The number of aromatic nitrogens is 1. The van der Waals surface area contributed by atoms with Crippen LogP contribution in [-0.4, -0.2) is 34.6 Å². The van der Waals surface area contributed by atoms with Crippen molar-refractivity contribution in [2.45, 2.75) is 77.7 Å². The Balaban J connectivity index is 0.00000176. The van der Waals surface area contributed by atoms with Gasteiger partial charge in [-0.3, -0.25) is 9.78 Å². The normalized spacial score (nSPS) is 18.4. The molecule has 1 atom stereocenters. The lowest BCUT2D eigenvalue weighted by atomic mass is 9.97. The van der Waals surface area contributed by atoms with Crippen LogP contribution in [0.3, 0.4) is 0 Å². The number of amides is 1. The molecule has 1 aliphatic carbocycles. The summed E-state index contributed by atoms with van der Waals surface area (Å²) in [6, 6.07) is 6.15. The molecular weight excluding hydrogens is 496 g/mol. The maximum absolute atomic E-state index is 13.7. The first-order valence-electron chi connectivity index (χ1n) is 12.4. The van der Waals surface area contributed by atoms with Crippen LogP contribution in [0, 0.1) is 11.7 Å². The zero-order valence-corrected chi connectivity index (χ0v) is 21.4. The Morgan fingerprint density at radius 3 is 2.53 bits per heavy atom. The van der Waals surface area contributed by atoms with Crippen LogP contribution in [0.5, 0.6) is 0 Å². The molecule has 1 aliphatic heterocycles. The van der Waals surface area contributed by atoms with E-state index in [4.69, 9.17) is 17.3 Å².